The minimum Gasteiger partial charge on any atom is -0.492 e. The molecule has 0 unspecified atom stereocenters. The van der Waals surface area contributed by atoms with E-state index in [4.69, 9.17) is 10.5 Å². The molecular formula is C25H29N5O2S. The maximum Gasteiger partial charge on any atom is 0.273 e. The van der Waals surface area contributed by atoms with Gasteiger partial charge in [-0.05, 0) is 36.4 Å². The van der Waals surface area contributed by atoms with Crippen molar-refractivity contribution in [2.75, 3.05) is 36.9 Å². The number of aromatic nitrogens is 1. The number of likely N-dealkylation sites (tertiary alicyclic amines) is 1. The monoisotopic (exact) mass is 463 g/mol. The smallest absolute Gasteiger partial charge is 0.273 e. The second kappa shape index (κ2) is 8.59. The summed E-state index contributed by atoms with van der Waals surface area (Å²) in [5.41, 5.74) is 8.60. The van der Waals surface area contributed by atoms with Crippen LogP contribution in [0.3, 0.4) is 0 Å². The van der Waals surface area contributed by atoms with E-state index < -0.39 is 10.4 Å². The van der Waals surface area contributed by atoms with Crippen LogP contribution in [0.5, 0.6) is 5.75 Å². The fraction of sp³-hybridized carbons (Fsp3) is 0.320. The molecule has 0 aliphatic carbocycles. The molecule has 33 heavy (non-hydrogen) atoms. The Balaban J connectivity index is 1.30. The van der Waals surface area contributed by atoms with Crippen LogP contribution in [0.25, 0.3) is 10.8 Å². The number of amides is 1. The Kier molecular flexibility index (Phi) is 5.62. The highest BCUT2D eigenvalue weighted by Gasteiger charge is 2.28. The van der Waals surface area contributed by atoms with Crippen molar-refractivity contribution in [3.8, 4) is 5.75 Å². The third-order valence-electron chi connectivity index (χ3n) is 6.13. The van der Waals surface area contributed by atoms with Gasteiger partial charge in [-0.1, -0.05) is 40.7 Å². The molecule has 0 radical (unpaired) electrons. The van der Waals surface area contributed by atoms with Crippen molar-refractivity contribution in [2.24, 2.45) is 16.0 Å². The van der Waals surface area contributed by atoms with Crippen LogP contribution in [-0.4, -0.2) is 53.8 Å². The Morgan fingerprint density at radius 1 is 1.21 bits per heavy atom. The van der Waals surface area contributed by atoms with Crippen molar-refractivity contribution in [3.63, 3.8) is 0 Å². The molecule has 1 fully saturated rings. The highest BCUT2D eigenvalue weighted by atomic mass is 32.3. The van der Waals surface area contributed by atoms with Gasteiger partial charge < -0.3 is 20.1 Å². The summed E-state index contributed by atoms with van der Waals surface area (Å²) in [6, 6.07) is 15.7. The predicted molar refractivity (Wildman–Crippen MR) is 136 cm³/mol. The van der Waals surface area contributed by atoms with E-state index in [1.807, 2.05) is 53.4 Å². The number of amidine groups is 1. The second-order valence-electron chi connectivity index (χ2n) is 8.98. The van der Waals surface area contributed by atoms with Gasteiger partial charge in [-0.25, -0.2) is 4.40 Å². The molecule has 3 heterocycles. The number of anilines is 1. The minimum absolute atomic E-state index is 0.0145. The number of hydrogen-bond acceptors (Lipinski definition) is 6. The van der Waals surface area contributed by atoms with E-state index in [0.717, 1.165) is 47.2 Å². The largest absolute Gasteiger partial charge is 0.492 e. The summed E-state index contributed by atoms with van der Waals surface area (Å²) >= 11 is 0. The number of nitrogens with one attached hydrogen (secondary N) is 1. The summed E-state index contributed by atoms with van der Waals surface area (Å²) in [6.45, 7) is 1.91. The zero-order valence-electron chi connectivity index (χ0n) is 19.0. The fourth-order valence-corrected chi connectivity index (χ4v) is 5.95. The summed E-state index contributed by atoms with van der Waals surface area (Å²) in [4.78, 5) is 19.6. The van der Waals surface area contributed by atoms with Crippen molar-refractivity contribution in [1.82, 2.24) is 9.88 Å². The van der Waals surface area contributed by atoms with Gasteiger partial charge in [0.25, 0.3) is 5.91 Å². The SMILES string of the molecule is CS1(C)N=C(N)c2c(cccc2OC[C@H]2CCCN(C(=O)c3nccc4ccccc34)C2)N1. The number of fused-ring (bicyclic) bond motifs is 2. The van der Waals surface area contributed by atoms with Crippen molar-refractivity contribution < 1.29 is 9.53 Å². The second-order valence-corrected chi connectivity index (χ2v) is 11.9. The number of carbonyl (C=O) groups excluding carboxylic acids is 1. The topological polar surface area (TPSA) is 92.8 Å². The van der Waals surface area contributed by atoms with E-state index in [0.29, 0.717) is 24.7 Å². The molecule has 2 aromatic carbocycles. The van der Waals surface area contributed by atoms with Gasteiger partial charge in [0.2, 0.25) is 0 Å². The van der Waals surface area contributed by atoms with Crippen LogP contribution in [0.4, 0.5) is 5.69 Å². The molecule has 2 aliphatic rings. The van der Waals surface area contributed by atoms with Crippen LogP contribution >= 0.6 is 10.4 Å². The fourth-order valence-electron chi connectivity index (χ4n) is 4.62. The van der Waals surface area contributed by atoms with E-state index in [-0.39, 0.29) is 11.8 Å². The van der Waals surface area contributed by atoms with E-state index in [1.54, 1.807) is 6.20 Å². The van der Waals surface area contributed by atoms with Crippen LogP contribution in [-0.2, 0) is 0 Å². The molecule has 0 spiro atoms. The van der Waals surface area contributed by atoms with Gasteiger partial charge in [0, 0.05) is 43.1 Å². The molecule has 3 N–H and O–H groups in total. The molecule has 7 nitrogen and oxygen atoms in total. The zero-order valence-corrected chi connectivity index (χ0v) is 19.8. The summed E-state index contributed by atoms with van der Waals surface area (Å²) in [6.07, 6.45) is 7.80. The van der Waals surface area contributed by atoms with Crippen LogP contribution in [0.1, 0.15) is 28.9 Å². The number of hydrogen-bond donors (Lipinski definition) is 2. The number of benzene rings is 2. The Morgan fingerprint density at radius 3 is 2.94 bits per heavy atom. The summed E-state index contributed by atoms with van der Waals surface area (Å²) in [5.74, 6) is 1.47. The van der Waals surface area contributed by atoms with Crippen LogP contribution < -0.4 is 15.2 Å². The van der Waals surface area contributed by atoms with Gasteiger partial charge >= 0.3 is 0 Å². The molecule has 172 valence electrons. The van der Waals surface area contributed by atoms with Gasteiger partial charge in [0.15, 0.2) is 0 Å². The van der Waals surface area contributed by atoms with E-state index in [9.17, 15) is 4.79 Å². The Morgan fingerprint density at radius 2 is 2.06 bits per heavy atom. The Labute approximate surface area is 195 Å². The molecule has 0 saturated carbocycles. The number of ether oxygens (including phenoxy) is 1. The molecule has 5 rings (SSSR count). The number of piperidine rings is 1. The molecule has 1 amide bonds. The van der Waals surface area contributed by atoms with Crippen molar-refractivity contribution in [1.29, 1.82) is 0 Å². The first kappa shape index (κ1) is 21.6. The lowest BCUT2D eigenvalue weighted by Crippen LogP contribution is -2.42. The molecule has 3 aromatic rings. The predicted octanol–water partition coefficient (Wildman–Crippen LogP) is 4.19. The average molecular weight is 464 g/mol. The molecule has 0 bridgehead atoms. The maximum absolute atomic E-state index is 13.3. The highest BCUT2D eigenvalue weighted by molar-refractivity contribution is 8.32. The first-order valence-corrected chi connectivity index (χ1v) is 13.6. The lowest BCUT2D eigenvalue weighted by molar-refractivity contribution is 0.0629. The van der Waals surface area contributed by atoms with Crippen molar-refractivity contribution >= 4 is 38.6 Å². The van der Waals surface area contributed by atoms with Gasteiger partial charge in [-0.3, -0.25) is 9.78 Å². The standard InChI is InChI=1S/C25H29N5O2S/c1-33(2)28-20-10-5-11-21(22(20)24(26)29-33)32-16-17-7-6-14-30(15-17)25(31)23-19-9-4-3-8-18(19)12-13-27-23/h3-5,8-13,17,28H,6-7,14-16H2,1-2H3,(H2,26,29)/t17-/m0/s1. The summed E-state index contributed by atoms with van der Waals surface area (Å²) in [5, 5.41) is 1.92. The quantitative estimate of drug-likeness (QED) is 0.605. The number of nitrogens with zero attached hydrogens (tertiary/aromatic N) is 3. The molecule has 1 atom stereocenters. The van der Waals surface area contributed by atoms with Gasteiger partial charge in [0.05, 0.1) is 17.9 Å². The van der Waals surface area contributed by atoms with Crippen LogP contribution in [0.2, 0.25) is 0 Å². The third kappa shape index (κ3) is 4.35. The van der Waals surface area contributed by atoms with E-state index in [2.05, 4.69) is 26.6 Å². The number of pyridine rings is 1. The third-order valence-corrected chi connectivity index (χ3v) is 7.50. The Hall–Kier alpha value is -3.26. The van der Waals surface area contributed by atoms with Gasteiger partial charge in [-0.2, -0.15) is 0 Å². The molecule has 1 saturated heterocycles. The molecular weight excluding hydrogens is 434 g/mol. The van der Waals surface area contributed by atoms with Crippen LogP contribution in [0.15, 0.2) is 59.1 Å². The number of nitrogens with two attached hydrogens (primary N) is 1. The molecule has 1 aromatic heterocycles. The lowest BCUT2D eigenvalue weighted by Gasteiger charge is -2.35. The number of carbonyl (C=O) groups is 1. The maximum atomic E-state index is 13.3. The minimum atomic E-state index is -1.35. The first-order valence-electron chi connectivity index (χ1n) is 11.2. The van der Waals surface area contributed by atoms with Gasteiger partial charge in [0.1, 0.15) is 17.3 Å². The van der Waals surface area contributed by atoms with Crippen molar-refractivity contribution in [2.45, 2.75) is 12.8 Å². The zero-order chi connectivity index (χ0) is 23.0. The number of rotatable bonds is 4. The molecule has 8 heteroatoms. The lowest BCUT2D eigenvalue weighted by atomic mass is 9.98. The van der Waals surface area contributed by atoms with Crippen molar-refractivity contribution in [3.05, 3.63) is 66.0 Å². The van der Waals surface area contributed by atoms with Gasteiger partial charge in [-0.15, -0.1) is 0 Å². The highest BCUT2D eigenvalue weighted by Crippen LogP contribution is 2.47. The Bertz CT molecular complexity index is 1240. The summed E-state index contributed by atoms with van der Waals surface area (Å²) in [7, 11) is -1.35. The van der Waals surface area contributed by atoms with Crippen LogP contribution in [0, 0.1) is 5.92 Å². The average Bonchev–Trinajstić information content (AvgIpc) is 2.81. The normalized spacial score (nSPS) is 20.4. The first-order chi connectivity index (χ1) is 15.9. The molecule has 2 aliphatic heterocycles. The summed E-state index contributed by atoms with van der Waals surface area (Å²) < 4.78 is 14.3. The van der Waals surface area contributed by atoms with E-state index in [1.165, 1.54) is 0 Å². The van der Waals surface area contributed by atoms with E-state index >= 15 is 0 Å².